The summed E-state index contributed by atoms with van der Waals surface area (Å²) in [7, 11) is 0. The summed E-state index contributed by atoms with van der Waals surface area (Å²) in [6.07, 6.45) is 6.03. The number of rotatable bonds is 3. The first-order chi connectivity index (χ1) is 10.2. The van der Waals surface area contributed by atoms with Gasteiger partial charge in [0.05, 0.1) is 21.4 Å². The number of fused-ring (bicyclic) bond motifs is 1. The molecular weight excluding hydrogens is 355 g/mol. The Labute approximate surface area is 137 Å². The molecule has 1 fully saturated rings. The summed E-state index contributed by atoms with van der Waals surface area (Å²) in [5.74, 6) is 1.61. The molecule has 0 N–H and O–H groups in total. The smallest absolute Gasteiger partial charge is 0.139 e. The molecular formula is C16H19BrClFN2. The molecule has 1 saturated carbocycles. The molecule has 1 aromatic heterocycles. The highest BCUT2D eigenvalue weighted by molar-refractivity contribution is 9.10. The minimum atomic E-state index is -0.242. The van der Waals surface area contributed by atoms with Crippen LogP contribution in [0.5, 0.6) is 0 Å². The van der Waals surface area contributed by atoms with Crippen molar-refractivity contribution < 1.29 is 4.39 Å². The molecule has 2 atom stereocenters. The fraction of sp³-hybridized carbons (Fsp3) is 0.562. The molecule has 1 aliphatic rings. The first-order valence-corrected chi connectivity index (χ1v) is 8.90. The van der Waals surface area contributed by atoms with Crippen LogP contribution in [0.3, 0.4) is 0 Å². The molecule has 0 amide bonds. The van der Waals surface area contributed by atoms with Crippen molar-refractivity contribution in [2.45, 2.75) is 50.9 Å². The zero-order valence-electron chi connectivity index (χ0n) is 12.1. The molecule has 0 radical (unpaired) electrons. The van der Waals surface area contributed by atoms with Crippen LogP contribution in [0.2, 0.25) is 0 Å². The first-order valence-electron chi connectivity index (χ1n) is 7.57. The van der Waals surface area contributed by atoms with E-state index in [1.807, 2.05) is 0 Å². The Balaban J connectivity index is 2.17. The number of halogens is 3. The maximum atomic E-state index is 14.0. The highest BCUT2D eigenvalue weighted by Gasteiger charge is 2.28. The molecule has 2 nitrogen and oxygen atoms in total. The van der Waals surface area contributed by atoms with Crippen molar-refractivity contribution in [3.8, 4) is 0 Å². The molecule has 3 rings (SSSR count). The van der Waals surface area contributed by atoms with Crippen LogP contribution >= 0.6 is 27.5 Å². The minimum Gasteiger partial charge on any atom is -0.323 e. The number of aromatic nitrogens is 2. The van der Waals surface area contributed by atoms with Crippen LogP contribution in [0.15, 0.2) is 16.6 Å². The highest BCUT2D eigenvalue weighted by Crippen LogP contribution is 2.39. The van der Waals surface area contributed by atoms with E-state index in [4.69, 9.17) is 11.6 Å². The van der Waals surface area contributed by atoms with Gasteiger partial charge in [0.15, 0.2) is 0 Å². The van der Waals surface area contributed by atoms with Gasteiger partial charge in [-0.1, -0.05) is 26.2 Å². The second-order valence-corrected chi connectivity index (χ2v) is 6.93. The third kappa shape index (κ3) is 2.72. The van der Waals surface area contributed by atoms with E-state index in [-0.39, 0.29) is 5.82 Å². The summed E-state index contributed by atoms with van der Waals surface area (Å²) in [5.41, 5.74) is 1.69. The Morgan fingerprint density at radius 2 is 2.14 bits per heavy atom. The summed E-state index contributed by atoms with van der Waals surface area (Å²) in [6, 6.07) is 3.73. The predicted octanol–water partition coefficient (Wildman–Crippen LogP) is 5.82. The van der Waals surface area contributed by atoms with E-state index in [0.717, 1.165) is 29.7 Å². The number of alkyl halides is 1. The van der Waals surface area contributed by atoms with Crippen molar-refractivity contribution in [1.82, 2.24) is 9.55 Å². The second kappa shape index (κ2) is 6.25. The Hall–Kier alpha value is -0.610. The van der Waals surface area contributed by atoms with Crippen LogP contribution in [0.1, 0.15) is 50.9 Å². The lowest BCUT2D eigenvalue weighted by atomic mass is 9.82. The number of hydrogen-bond donors (Lipinski definition) is 0. The van der Waals surface area contributed by atoms with E-state index in [1.165, 1.54) is 19.3 Å². The largest absolute Gasteiger partial charge is 0.323 e. The summed E-state index contributed by atoms with van der Waals surface area (Å²) in [4.78, 5) is 4.61. The van der Waals surface area contributed by atoms with Crippen LogP contribution in [0.4, 0.5) is 4.39 Å². The van der Waals surface area contributed by atoms with Gasteiger partial charge in [-0.25, -0.2) is 9.37 Å². The average Bonchev–Trinajstić information content (AvgIpc) is 2.85. The van der Waals surface area contributed by atoms with E-state index in [0.29, 0.717) is 22.3 Å². The number of imidazole rings is 1. The van der Waals surface area contributed by atoms with E-state index < -0.39 is 0 Å². The van der Waals surface area contributed by atoms with Gasteiger partial charge >= 0.3 is 0 Å². The number of hydrogen-bond acceptors (Lipinski definition) is 1. The topological polar surface area (TPSA) is 17.8 Å². The second-order valence-electron chi connectivity index (χ2n) is 5.81. The van der Waals surface area contributed by atoms with E-state index in [2.05, 4.69) is 32.4 Å². The molecule has 1 aromatic carbocycles. The summed E-state index contributed by atoms with van der Waals surface area (Å²) in [6.45, 7) is 2.24. The molecule has 0 bridgehead atoms. The number of nitrogens with zero attached hydrogens (tertiary/aromatic N) is 2. The van der Waals surface area contributed by atoms with Gasteiger partial charge in [-0.15, -0.1) is 11.6 Å². The van der Waals surface area contributed by atoms with Gasteiger partial charge < -0.3 is 4.57 Å². The molecule has 114 valence electrons. The van der Waals surface area contributed by atoms with Crippen molar-refractivity contribution >= 4 is 38.6 Å². The predicted molar refractivity (Wildman–Crippen MR) is 88.2 cm³/mol. The van der Waals surface area contributed by atoms with Crippen LogP contribution in [0, 0.1) is 11.7 Å². The Bertz CT molecular complexity index is 655. The Morgan fingerprint density at radius 3 is 2.86 bits per heavy atom. The third-order valence-corrected chi connectivity index (χ3v) is 5.50. The van der Waals surface area contributed by atoms with E-state index in [1.54, 1.807) is 12.1 Å². The zero-order chi connectivity index (χ0) is 15.0. The Kier molecular flexibility index (Phi) is 4.55. The molecule has 1 aliphatic carbocycles. The van der Waals surface area contributed by atoms with E-state index in [9.17, 15) is 4.39 Å². The van der Waals surface area contributed by atoms with Crippen molar-refractivity contribution in [2.24, 2.45) is 5.92 Å². The third-order valence-electron chi connectivity index (χ3n) is 4.65. The van der Waals surface area contributed by atoms with Gasteiger partial charge in [0, 0.05) is 12.1 Å². The van der Waals surface area contributed by atoms with Gasteiger partial charge in [0.1, 0.15) is 11.6 Å². The maximum Gasteiger partial charge on any atom is 0.139 e. The van der Waals surface area contributed by atoms with Gasteiger partial charge in [-0.3, -0.25) is 0 Å². The molecule has 0 spiro atoms. The summed E-state index contributed by atoms with van der Waals surface area (Å²) in [5, 5.41) is 0. The van der Waals surface area contributed by atoms with Crippen LogP contribution in [-0.4, -0.2) is 9.55 Å². The zero-order valence-corrected chi connectivity index (χ0v) is 14.4. The standard InChI is InChI=1S/C16H19BrClFN2/c1-2-10-5-3-4-6-14(10)21-15-8-12(19)11(17)7-13(15)20-16(21)9-18/h7-8,10,14H,2-6,9H2,1H3. The van der Waals surface area contributed by atoms with Gasteiger partial charge in [-0.05, 0) is 40.8 Å². The molecule has 2 aromatic rings. The SMILES string of the molecule is CCC1CCCCC1n1c(CCl)nc2cc(Br)c(F)cc21. The average molecular weight is 374 g/mol. The van der Waals surface area contributed by atoms with Crippen LogP contribution in [0.25, 0.3) is 11.0 Å². The van der Waals surface area contributed by atoms with Crippen LogP contribution in [-0.2, 0) is 5.88 Å². The molecule has 0 saturated heterocycles. The van der Waals surface area contributed by atoms with Gasteiger partial charge in [0.2, 0.25) is 0 Å². The van der Waals surface area contributed by atoms with E-state index >= 15 is 0 Å². The van der Waals surface area contributed by atoms with Crippen molar-refractivity contribution in [1.29, 1.82) is 0 Å². The quantitative estimate of drug-likeness (QED) is 0.620. The normalized spacial score (nSPS) is 22.9. The number of benzene rings is 1. The molecule has 1 heterocycles. The molecule has 5 heteroatoms. The lowest BCUT2D eigenvalue weighted by Crippen LogP contribution is -2.24. The molecule has 0 aliphatic heterocycles. The Morgan fingerprint density at radius 1 is 1.38 bits per heavy atom. The maximum absolute atomic E-state index is 14.0. The van der Waals surface area contributed by atoms with Crippen molar-refractivity contribution in [3.63, 3.8) is 0 Å². The minimum absolute atomic E-state index is 0.242. The first kappa shape index (κ1) is 15.3. The van der Waals surface area contributed by atoms with Gasteiger partial charge in [0.25, 0.3) is 0 Å². The molecule has 2 unspecified atom stereocenters. The van der Waals surface area contributed by atoms with Crippen LogP contribution < -0.4 is 0 Å². The van der Waals surface area contributed by atoms with Crippen molar-refractivity contribution in [3.05, 3.63) is 28.2 Å². The highest BCUT2D eigenvalue weighted by atomic mass is 79.9. The van der Waals surface area contributed by atoms with Crippen molar-refractivity contribution in [2.75, 3.05) is 0 Å². The lowest BCUT2D eigenvalue weighted by molar-refractivity contribution is 0.234. The monoisotopic (exact) mass is 372 g/mol. The fourth-order valence-electron chi connectivity index (χ4n) is 3.61. The lowest BCUT2D eigenvalue weighted by Gasteiger charge is -2.33. The fourth-order valence-corrected chi connectivity index (χ4v) is 4.13. The summed E-state index contributed by atoms with van der Waals surface area (Å²) >= 11 is 9.34. The molecule has 21 heavy (non-hydrogen) atoms. The summed E-state index contributed by atoms with van der Waals surface area (Å²) < 4.78 is 16.6. The van der Waals surface area contributed by atoms with Gasteiger partial charge in [-0.2, -0.15) is 0 Å².